The van der Waals surface area contributed by atoms with Crippen molar-refractivity contribution in [1.29, 1.82) is 0 Å². The number of pyridine rings is 1. The highest BCUT2D eigenvalue weighted by molar-refractivity contribution is 5.31. The first-order valence-corrected chi connectivity index (χ1v) is 8.79. The van der Waals surface area contributed by atoms with E-state index in [0.29, 0.717) is 5.82 Å². The summed E-state index contributed by atoms with van der Waals surface area (Å²) in [6.45, 7) is 6.84. The molecule has 3 heterocycles. The lowest BCUT2D eigenvalue weighted by Crippen LogP contribution is -2.42. The van der Waals surface area contributed by atoms with Gasteiger partial charge in [-0.25, -0.2) is 9.97 Å². The van der Waals surface area contributed by atoms with Crippen LogP contribution in [0.15, 0.2) is 30.7 Å². The minimum Gasteiger partial charge on any atom is -0.384 e. The van der Waals surface area contributed by atoms with Crippen molar-refractivity contribution in [2.24, 2.45) is 0 Å². The van der Waals surface area contributed by atoms with E-state index < -0.39 is 0 Å². The van der Waals surface area contributed by atoms with E-state index in [1.54, 1.807) is 6.20 Å². The van der Waals surface area contributed by atoms with Gasteiger partial charge in [0.05, 0.1) is 19.3 Å². The first-order valence-electron chi connectivity index (χ1n) is 8.79. The van der Waals surface area contributed by atoms with Crippen molar-refractivity contribution in [3.63, 3.8) is 0 Å². The highest BCUT2D eigenvalue weighted by atomic mass is 16.5. The minimum atomic E-state index is 0.266. The van der Waals surface area contributed by atoms with E-state index in [1.807, 2.05) is 18.3 Å². The molecule has 0 aromatic carbocycles. The van der Waals surface area contributed by atoms with Crippen LogP contribution in [0.1, 0.15) is 31.2 Å². The minimum absolute atomic E-state index is 0.266. The summed E-state index contributed by atoms with van der Waals surface area (Å²) in [5.41, 5.74) is 6.97. The Morgan fingerprint density at radius 1 is 1.33 bits per heavy atom. The molecule has 3 rings (SSSR count). The van der Waals surface area contributed by atoms with Crippen molar-refractivity contribution in [2.45, 2.75) is 45.4 Å². The molecule has 0 unspecified atom stereocenters. The van der Waals surface area contributed by atoms with Gasteiger partial charge in [-0.15, -0.1) is 0 Å². The van der Waals surface area contributed by atoms with Crippen LogP contribution in [0.5, 0.6) is 0 Å². The molecule has 1 aliphatic rings. The first kappa shape index (κ1) is 16.9. The molecule has 130 valence electrons. The van der Waals surface area contributed by atoms with Gasteiger partial charge < -0.3 is 15.0 Å². The summed E-state index contributed by atoms with van der Waals surface area (Å²) in [4.78, 5) is 11.0. The van der Waals surface area contributed by atoms with Gasteiger partial charge in [0, 0.05) is 38.2 Å². The Hall–Kier alpha value is -1.92. The number of nitrogens with zero attached hydrogens (tertiary/aromatic N) is 4. The summed E-state index contributed by atoms with van der Waals surface area (Å²) >= 11 is 0. The van der Waals surface area contributed by atoms with Crippen LogP contribution in [0.3, 0.4) is 0 Å². The van der Waals surface area contributed by atoms with Crippen LogP contribution >= 0.6 is 0 Å². The smallest absolute Gasteiger partial charge is 0.123 e. The topological polar surface area (TPSA) is 69.2 Å². The second-order valence-electron chi connectivity index (χ2n) is 6.39. The molecule has 2 aromatic heterocycles. The number of aryl methyl sites for hydroxylation is 2. The summed E-state index contributed by atoms with van der Waals surface area (Å²) in [6.07, 6.45) is 9.11. The molecule has 0 bridgehead atoms. The van der Waals surface area contributed by atoms with Crippen LogP contribution in [0.2, 0.25) is 0 Å². The van der Waals surface area contributed by atoms with Crippen LogP contribution in [0, 0.1) is 0 Å². The molecule has 1 saturated heterocycles. The largest absolute Gasteiger partial charge is 0.384 e. The average molecular weight is 329 g/mol. The predicted molar refractivity (Wildman–Crippen MR) is 94.5 cm³/mol. The molecule has 0 aliphatic carbocycles. The van der Waals surface area contributed by atoms with E-state index in [1.165, 1.54) is 5.56 Å². The maximum atomic E-state index is 5.94. The molecule has 2 aromatic rings. The third kappa shape index (κ3) is 4.55. The van der Waals surface area contributed by atoms with E-state index in [0.717, 1.165) is 57.9 Å². The first-order chi connectivity index (χ1) is 11.7. The molecule has 0 amide bonds. The molecular weight excluding hydrogens is 302 g/mol. The molecule has 0 radical (unpaired) electrons. The lowest BCUT2D eigenvalue weighted by atomic mass is 10.1. The highest BCUT2D eigenvalue weighted by Crippen LogP contribution is 2.15. The van der Waals surface area contributed by atoms with Crippen LogP contribution in [0.4, 0.5) is 5.82 Å². The van der Waals surface area contributed by atoms with Crippen molar-refractivity contribution >= 4 is 5.82 Å². The molecule has 24 heavy (non-hydrogen) atoms. The Morgan fingerprint density at radius 2 is 2.25 bits per heavy atom. The molecule has 1 fully saturated rings. The van der Waals surface area contributed by atoms with Gasteiger partial charge in [0.1, 0.15) is 11.6 Å². The Morgan fingerprint density at radius 3 is 3.08 bits per heavy atom. The number of hydrogen-bond acceptors (Lipinski definition) is 5. The van der Waals surface area contributed by atoms with Gasteiger partial charge in [0.2, 0.25) is 0 Å². The second kappa shape index (κ2) is 8.26. The maximum absolute atomic E-state index is 5.94. The third-order valence-electron chi connectivity index (χ3n) is 4.45. The molecule has 6 nitrogen and oxygen atoms in total. The summed E-state index contributed by atoms with van der Waals surface area (Å²) in [6, 6.07) is 3.97. The van der Waals surface area contributed by atoms with Gasteiger partial charge in [0.25, 0.3) is 0 Å². The van der Waals surface area contributed by atoms with Crippen molar-refractivity contribution in [1.82, 2.24) is 19.4 Å². The van der Waals surface area contributed by atoms with E-state index in [-0.39, 0.29) is 6.10 Å². The van der Waals surface area contributed by atoms with Gasteiger partial charge in [-0.1, -0.05) is 6.92 Å². The number of morpholine rings is 1. The van der Waals surface area contributed by atoms with Crippen molar-refractivity contribution in [3.8, 4) is 0 Å². The Labute approximate surface area is 143 Å². The number of imidazole rings is 1. The standard InChI is InChI=1S/C18H27N5O/c1-2-8-23-9-7-21-18(23)14-22-10-11-24-16(13-22)4-3-15-5-6-20-17(19)12-15/h5-7,9,12,16H,2-4,8,10-11,13-14H2,1H3,(H2,19,20)/t16-/m1/s1. The molecule has 1 aliphatic heterocycles. The fourth-order valence-corrected chi connectivity index (χ4v) is 3.21. The number of aromatic nitrogens is 3. The van der Waals surface area contributed by atoms with Crippen LogP contribution < -0.4 is 5.73 Å². The van der Waals surface area contributed by atoms with Crippen molar-refractivity contribution in [3.05, 3.63) is 42.1 Å². The van der Waals surface area contributed by atoms with E-state index in [4.69, 9.17) is 10.5 Å². The van der Waals surface area contributed by atoms with Gasteiger partial charge >= 0.3 is 0 Å². The number of nitrogens with two attached hydrogens (primary N) is 1. The fraction of sp³-hybridized carbons (Fsp3) is 0.556. The van der Waals surface area contributed by atoms with E-state index in [9.17, 15) is 0 Å². The highest BCUT2D eigenvalue weighted by Gasteiger charge is 2.21. The quantitative estimate of drug-likeness (QED) is 0.842. The lowest BCUT2D eigenvalue weighted by molar-refractivity contribution is -0.0355. The molecule has 0 saturated carbocycles. The fourth-order valence-electron chi connectivity index (χ4n) is 3.21. The SMILES string of the molecule is CCCn1ccnc1CN1CCO[C@H](CCc2ccnc(N)c2)C1. The van der Waals surface area contributed by atoms with E-state index in [2.05, 4.69) is 32.6 Å². The predicted octanol–water partition coefficient (Wildman–Crippen LogP) is 2.10. The van der Waals surface area contributed by atoms with Gasteiger partial charge in [-0.3, -0.25) is 4.90 Å². The Kier molecular flexibility index (Phi) is 5.82. The summed E-state index contributed by atoms with van der Waals surface area (Å²) in [5.74, 6) is 1.74. The molecule has 0 spiro atoms. The molecule has 6 heteroatoms. The van der Waals surface area contributed by atoms with Crippen LogP contribution in [0.25, 0.3) is 0 Å². The van der Waals surface area contributed by atoms with Crippen LogP contribution in [-0.4, -0.2) is 45.2 Å². The Bertz CT molecular complexity index is 642. The third-order valence-corrected chi connectivity index (χ3v) is 4.45. The number of hydrogen-bond donors (Lipinski definition) is 1. The van der Waals surface area contributed by atoms with Crippen LogP contribution in [-0.2, 0) is 24.2 Å². The normalized spacial score (nSPS) is 18.8. The van der Waals surface area contributed by atoms with Gasteiger partial charge in [-0.05, 0) is 37.0 Å². The van der Waals surface area contributed by atoms with E-state index >= 15 is 0 Å². The second-order valence-corrected chi connectivity index (χ2v) is 6.39. The summed E-state index contributed by atoms with van der Waals surface area (Å²) in [7, 11) is 0. The molecule has 1 atom stereocenters. The zero-order valence-corrected chi connectivity index (χ0v) is 14.4. The zero-order valence-electron chi connectivity index (χ0n) is 14.4. The summed E-state index contributed by atoms with van der Waals surface area (Å²) < 4.78 is 8.20. The maximum Gasteiger partial charge on any atom is 0.123 e. The van der Waals surface area contributed by atoms with Gasteiger partial charge in [0.15, 0.2) is 0 Å². The van der Waals surface area contributed by atoms with Crippen molar-refractivity contribution < 1.29 is 4.74 Å². The number of ether oxygens (including phenoxy) is 1. The van der Waals surface area contributed by atoms with Crippen molar-refractivity contribution in [2.75, 3.05) is 25.4 Å². The number of rotatable bonds is 7. The number of anilines is 1. The molecular formula is C18H27N5O. The van der Waals surface area contributed by atoms with Gasteiger partial charge in [-0.2, -0.15) is 0 Å². The molecule has 2 N–H and O–H groups in total. The Balaban J connectivity index is 1.51. The number of nitrogen functional groups attached to an aromatic ring is 1. The monoisotopic (exact) mass is 329 g/mol. The average Bonchev–Trinajstić information content (AvgIpc) is 3.01. The summed E-state index contributed by atoms with van der Waals surface area (Å²) in [5, 5.41) is 0. The zero-order chi connectivity index (χ0) is 16.8. The lowest BCUT2D eigenvalue weighted by Gasteiger charge is -2.32.